The van der Waals surface area contributed by atoms with Crippen molar-refractivity contribution in [1.82, 2.24) is 15.2 Å². The number of nitrogens with zero attached hydrogens (tertiary/aromatic N) is 2. The molecule has 0 bridgehead atoms. The molecule has 2 heterocycles. The lowest BCUT2D eigenvalue weighted by atomic mass is 9.90. The Labute approximate surface area is 95.5 Å². The number of thiazole rings is 1. The van der Waals surface area contributed by atoms with Gasteiger partial charge in [0, 0.05) is 30.7 Å². The van der Waals surface area contributed by atoms with Gasteiger partial charge in [0.2, 0.25) is 0 Å². The minimum absolute atomic E-state index is 0.458. The van der Waals surface area contributed by atoms with Crippen molar-refractivity contribution in [3.05, 3.63) is 16.6 Å². The SMILES string of the molecule is CNCC1(C)CCN(Cc2cncs2)C1. The summed E-state index contributed by atoms with van der Waals surface area (Å²) in [5, 5.41) is 3.29. The molecular formula is C11H19N3S. The van der Waals surface area contributed by atoms with E-state index in [1.165, 1.54) is 24.4 Å². The molecule has 84 valence electrons. The second-order valence-corrected chi connectivity index (χ2v) is 5.74. The Morgan fingerprint density at radius 2 is 2.53 bits per heavy atom. The van der Waals surface area contributed by atoms with Crippen molar-refractivity contribution in [1.29, 1.82) is 0 Å². The molecule has 1 aliphatic rings. The minimum atomic E-state index is 0.458. The molecule has 1 aromatic rings. The van der Waals surface area contributed by atoms with Crippen LogP contribution in [0.2, 0.25) is 0 Å². The summed E-state index contributed by atoms with van der Waals surface area (Å²) in [7, 11) is 2.04. The van der Waals surface area contributed by atoms with Gasteiger partial charge in [-0.15, -0.1) is 11.3 Å². The number of aromatic nitrogens is 1. The van der Waals surface area contributed by atoms with Gasteiger partial charge in [0.25, 0.3) is 0 Å². The lowest BCUT2D eigenvalue weighted by molar-refractivity contribution is 0.267. The first kappa shape index (κ1) is 11.0. The molecule has 3 nitrogen and oxygen atoms in total. The zero-order valence-corrected chi connectivity index (χ0v) is 10.3. The van der Waals surface area contributed by atoms with Gasteiger partial charge in [-0.1, -0.05) is 6.92 Å². The lowest BCUT2D eigenvalue weighted by Gasteiger charge is -2.24. The molecule has 0 aliphatic carbocycles. The second kappa shape index (κ2) is 4.60. The fourth-order valence-corrected chi connectivity index (χ4v) is 3.01. The molecule has 0 radical (unpaired) electrons. The summed E-state index contributed by atoms with van der Waals surface area (Å²) in [6, 6.07) is 0. The third-order valence-corrected chi connectivity index (χ3v) is 3.87. The summed E-state index contributed by atoms with van der Waals surface area (Å²) in [5.74, 6) is 0. The van der Waals surface area contributed by atoms with Crippen molar-refractivity contribution in [2.24, 2.45) is 5.41 Å². The van der Waals surface area contributed by atoms with Crippen LogP contribution in [0, 0.1) is 5.41 Å². The first-order valence-electron chi connectivity index (χ1n) is 5.46. The summed E-state index contributed by atoms with van der Waals surface area (Å²) in [6.07, 6.45) is 3.28. The largest absolute Gasteiger partial charge is 0.319 e. The predicted octanol–water partition coefficient (Wildman–Crippen LogP) is 1.57. The van der Waals surface area contributed by atoms with Crippen molar-refractivity contribution < 1.29 is 0 Å². The average Bonchev–Trinajstić information content (AvgIpc) is 2.78. The van der Waals surface area contributed by atoms with Gasteiger partial charge in [0.15, 0.2) is 0 Å². The fourth-order valence-electron chi connectivity index (χ4n) is 2.37. The normalized spacial score (nSPS) is 27.3. The summed E-state index contributed by atoms with van der Waals surface area (Å²) >= 11 is 1.75. The minimum Gasteiger partial charge on any atom is -0.319 e. The molecule has 1 unspecified atom stereocenters. The van der Waals surface area contributed by atoms with Crippen molar-refractivity contribution in [2.75, 3.05) is 26.7 Å². The highest BCUT2D eigenvalue weighted by atomic mass is 32.1. The Kier molecular flexibility index (Phi) is 3.38. The predicted molar refractivity (Wildman–Crippen MR) is 64.0 cm³/mol. The van der Waals surface area contributed by atoms with Crippen LogP contribution in [0.25, 0.3) is 0 Å². The smallest absolute Gasteiger partial charge is 0.0794 e. The molecule has 0 spiro atoms. The van der Waals surface area contributed by atoms with Crippen LogP contribution in [0.4, 0.5) is 0 Å². The van der Waals surface area contributed by atoms with Gasteiger partial charge in [-0.3, -0.25) is 9.88 Å². The van der Waals surface area contributed by atoms with Crippen LogP contribution >= 0.6 is 11.3 Å². The number of hydrogen-bond acceptors (Lipinski definition) is 4. The monoisotopic (exact) mass is 225 g/mol. The number of nitrogens with one attached hydrogen (secondary N) is 1. The second-order valence-electron chi connectivity index (χ2n) is 4.77. The van der Waals surface area contributed by atoms with Gasteiger partial charge in [-0.25, -0.2) is 0 Å². The maximum Gasteiger partial charge on any atom is 0.0794 e. The van der Waals surface area contributed by atoms with E-state index in [1.807, 2.05) is 18.8 Å². The van der Waals surface area contributed by atoms with Gasteiger partial charge >= 0.3 is 0 Å². The van der Waals surface area contributed by atoms with E-state index in [-0.39, 0.29) is 0 Å². The van der Waals surface area contributed by atoms with E-state index in [2.05, 4.69) is 22.1 Å². The Morgan fingerprint density at radius 1 is 1.67 bits per heavy atom. The first-order valence-corrected chi connectivity index (χ1v) is 6.34. The highest BCUT2D eigenvalue weighted by molar-refractivity contribution is 7.09. The summed E-state index contributed by atoms with van der Waals surface area (Å²) < 4.78 is 0. The third-order valence-electron chi connectivity index (χ3n) is 3.10. The Hall–Kier alpha value is -0.450. The standard InChI is InChI=1S/C11H19N3S/c1-11(7-12-2)3-4-14(8-11)6-10-5-13-9-15-10/h5,9,12H,3-4,6-8H2,1-2H3. The van der Waals surface area contributed by atoms with E-state index < -0.39 is 0 Å². The van der Waals surface area contributed by atoms with Crippen LogP contribution in [-0.4, -0.2) is 36.6 Å². The lowest BCUT2D eigenvalue weighted by Crippen LogP contribution is -2.32. The first-order chi connectivity index (χ1) is 7.22. The van der Waals surface area contributed by atoms with E-state index in [4.69, 9.17) is 0 Å². The van der Waals surface area contributed by atoms with Gasteiger partial charge in [-0.2, -0.15) is 0 Å². The molecule has 1 aromatic heterocycles. The van der Waals surface area contributed by atoms with Gasteiger partial charge in [0.1, 0.15) is 0 Å². The van der Waals surface area contributed by atoms with Crippen LogP contribution < -0.4 is 5.32 Å². The molecule has 1 saturated heterocycles. The van der Waals surface area contributed by atoms with Crippen molar-refractivity contribution in [3.63, 3.8) is 0 Å². The van der Waals surface area contributed by atoms with Crippen LogP contribution in [0.1, 0.15) is 18.2 Å². The zero-order valence-electron chi connectivity index (χ0n) is 9.49. The molecule has 1 N–H and O–H groups in total. The number of hydrogen-bond donors (Lipinski definition) is 1. The van der Waals surface area contributed by atoms with Crippen LogP contribution in [-0.2, 0) is 6.54 Å². The summed E-state index contributed by atoms with van der Waals surface area (Å²) in [6.45, 7) is 6.98. The van der Waals surface area contributed by atoms with Crippen molar-refractivity contribution in [3.8, 4) is 0 Å². The van der Waals surface area contributed by atoms with E-state index in [1.54, 1.807) is 11.3 Å². The zero-order chi connectivity index (χ0) is 10.7. The van der Waals surface area contributed by atoms with Crippen LogP contribution in [0.15, 0.2) is 11.7 Å². The number of rotatable bonds is 4. The fraction of sp³-hybridized carbons (Fsp3) is 0.727. The van der Waals surface area contributed by atoms with Gasteiger partial charge < -0.3 is 5.32 Å². The van der Waals surface area contributed by atoms with Gasteiger partial charge in [-0.05, 0) is 25.4 Å². The molecular weight excluding hydrogens is 206 g/mol. The van der Waals surface area contributed by atoms with Crippen molar-refractivity contribution in [2.45, 2.75) is 19.9 Å². The topological polar surface area (TPSA) is 28.2 Å². The Morgan fingerprint density at radius 3 is 3.20 bits per heavy atom. The molecule has 1 atom stereocenters. The quantitative estimate of drug-likeness (QED) is 0.843. The average molecular weight is 225 g/mol. The number of likely N-dealkylation sites (tertiary alicyclic amines) is 1. The molecule has 2 rings (SSSR count). The molecule has 0 aromatic carbocycles. The van der Waals surface area contributed by atoms with Gasteiger partial charge in [0.05, 0.1) is 5.51 Å². The van der Waals surface area contributed by atoms with Crippen molar-refractivity contribution >= 4 is 11.3 Å². The van der Waals surface area contributed by atoms with E-state index >= 15 is 0 Å². The van der Waals surface area contributed by atoms with Crippen LogP contribution in [0.5, 0.6) is 0 Å². The van der Waals surface area contributed by atoms with E-state index in [0.717, 1.165) is 13.1 Å². The highest BCUT2D eigenvalue weighted by Crippen LogP contribution is 2.30. The highest BCUT2D eigenvalue weighted by Gasteiger charge is 2.32. The third kappa shape index (κ3) is 2.77. The maximum absolute atomic E-state index is 4.12. The molecule has 0 saturated carbocycles. The molecule has 1 fully saturated rings. The summed E-state index contributed by atoms with van der Waals surface area (Å²) in [4.78, 5) is 8.03. The van der Waals surface area contributed by atoms with E-state index in [0.29, 0.717) is 5.41 Å². The molecule has 1 aliphatic heterocycles. The molecule has 0 amide bonds. The molecule has 15 heavy (non-hydrogen) atoms. The molecule has 4 heteroatoms. The summed E-state index contributed by atoms with van der Waals surface area (Å²) in [5.41, 5.74) is 2.37. The maximum atomic E-state index is 4.12. The Bertz CT molecular complexity index is 299. The van der Waals surface area contributed by atoms with E-state index in [9.17, 15) is 0 Å². The Balaban J connectivity index is 1.87. The van der Waals surface area contributed by atoms with Crippen LogP contribution in [0.3, 0.4) is 0 Å².